The van der Waals surface area contributed by atoms with Crippen LogP contribution in [0.2, 0.25) is 0 Å². The zero-order chi connectivity index (χ0) is 17.0. The molecule has 0 spiro atoms. The highest BCUT2D eigenvalue weighted by molar-refractivity contribution is 8.00. The predicted molar refractivity (Wildman–Crippen MR) is 91.0 cm³/mol. The fourth-order valence-electron chi connectivity index (χ4n) is 1.90. The average molecular weight is 333 g/mol. The van der Waals surface area contributed by atoms with Crippen molar-refractivity contribution in [1.82, 2.24) is 9.97 Å². The molecule has 6 nitrogen and oxygen atoms in total. The van der Waals surface area contributed by atoms with Crippen LogP contribution < -0.4 is 10.9 Å². The number of anilines is 1. The number of aromatic nitrogens is 2. The van der Waals surface area contributed by atoms with Crippen molar-refractivity contribution >= 4 is 23.4 Å². The molecule has 0 bridgehead atoms. The van der Waals surface area contributed by atoms with Crippen LogP contribution in [0.25, 0.3) is 0 Å². The number of hydrogen-bond acceptors (Lipinski definition) is 5. The van der Waals surface area contributed by atoms with Gasteiger partial charge in [-0.25, -0.2) is 0 Å². The zero-order valence-electron chi connectivity index (χ0n) is 13.2. The monoisotopic (exact) mass is 333 g/mol. The van der Waals surface area contributed by atoms with Crippen molar-refractivity contribution in [2.45, 2.75) is 37.1 Å². The summed E-state index contributed by atoms with van der Waals surface area (Å²) in [7, 11) is 0. The minimum absolute atomic E-state index is 0.202. The van der Waals surface area contributed by atoms with Crippen molar-refractivity contribution in [1.29, 1.82) is 0 Å². The quantitative estimate of drug-likeness (QED) is 0.577. The highest BCUT2D eigenvalue weighted by Crippen LogP contribution is 2.22. The highest BCUT2D eigenvalue weighted by atomic mass is 32.2. The standard InChI is InChI=1S/C16H19N3O3S/c1-9(2)11-4-6-12(7-5-11)17-15(22)10(3)23-16-18-13(20)8-14(21)19-16/h4-10H,1-3H3,(H,17,22)(H2,18,19,20,21). The minimum atomic E-state index is -0.482. The fraction of sp³-hybridized carbons (Fsp3) is 0.312. The third-order valence-corrected chi connectivity index (χ3v) is 4.19. The lowest BCUT2D eigenvalue weighted by atomic mass is 10.0. The van der Waals surface area contributed by atoms with Gasteiger partial charge in [-0.15, -0.1) is 0 Å². The lowest BCUT2D eigenvalue weighted by Crippen LogP contribution is -2.23. The second kappa shape index (κ2) is 7.32. The molecule has 0 fully saturated rings. The molecular formula is C16H19N3O3S. The molecule has 1 aromatic carbocycles. The molecule has 23 heavy (non-hydrogen) atoms. The number of aromatic amines is 1. The Morgan fingerprint density at radius 1 is 1.26 bits per heavy atom. The van der Waals surface area contributed by atoms with E-state index in [1.54, 1.807) is 6.92 Å². The Bertz CT molecular complexity index is 741. The van der Waals surface area contributed by atoms with Gasteiger partial charge < -0.3 is 15.4 Å². The van der Waals surface area contributed by atoms with Gasteiger partial charge in [0.25, 0.3) is 5.56 Å². The largest absolute Gasteiger partial charge is 0.493 e. The first-order chi connectivity index (χ1) is 10.8. The predicted octanol–water partition coefficient (Wildman–Crippen LogP) is 2.72. The molecule has 0 saturated carbocycles. The second-order valence-corrected chi connectivity index (χ2v) is 6.76. The van der Waals surface area contributed by atoms with Crippen LogP contribution in [0.1, 0.15) is 32.3 Å². The molecule has 0 radical (unpaired) electrons. The molecule has 2 rings (SSSR count). The van der Waals surface area contributed by atoms with E-state index in [9.17, 15) is 14.7 Å². The van der Waals surface area contributed by atoms with E-state index in [4.69, 9.17) is 0 Å². The Hall–Kier alpha value is -2.28. The fourth-order valence-corrected chi connectivity index (χ4v) is 2.70. The molecule has 1 unspecified atom stereocenters. The van der Waals surface area contributed by atoms with Crippen LogP contribution in [0.5, 0.6) is 5.88 Å². The van der Waals surface area contributed by atoms with E-state index in [1.165, 1.54) is 5.56 Å². The molecule has 1 aromatic heterocycles. The lowest BCUT2D eigenvalue weighted by molar-refractivity contribution is -0.115. The Morgan fingerprint density at radius 3 is 2.48 bits per heavy atom. The summed E-state index contributed by atoms with van der Waals surface area (Å²) in [5.41, 5.74) is 1.45. The van der Waals surface area contributed by atoms with Gasteiger partial charge in [0.1, 0.15) is 0 Å². The third-order valence-electron chi connectivity index (χ3n) is 3.21. The van der Waals surface area contributed by atoms with Crippen molar-refractivity contribution in [2.75, 3.05) is 5.32 Å². The Balaban J connectivity index is 2.00. The first-order valence-corrected chi connectivity index (χ1v) is 8.11. The SMILES string of the molecule is CC(Sc1nc(O)cc(=O)[nH]1)C(=O)Nc1ccc(C(C)C)cc1. The van der Waals surface area contributed by atoms with Gasteiger partial charge in [-0.1, -0.05) is 37.7 Å². The van der Waals surface area contributed by atoms with E-state index in [1.807, 2.05) is 24.3 Å². The van der Waals surface area contributed by atoms with Crippen molar-refractivity contribution in [2.24, 2.45) is 0 Å². The number of rotatable bonds is 5. The smallest absolute Gasteiger partial charge is 0.255 e. The molecule has 0 aliphatic carbocycles. The van der Waals surface area contributed by atoms with Crippen LogP contribution >= 0.6 is 11.8 Å². The molecule has 3 N–H and O–H groups in total. The number of hydrogen-bond donors (Lipinski definition) is 3. The maximum Gasteiger partial charge on any atom is 0.255 e. The number of benzene rings is 1. The molecule has 0 saturated heterocycles. The Labute approximate surface area is 138 Å². The molecular weight excluding hydrogens is 314 g/mol. The highest BCUT2D eigenvalue weighted by Gasteiger charge is 2.16. The van der Waals surface area contributed by atoms with Crippen LogP contribution in [-0.4, -0.2) is 26.2 Å². The Kier molecular flexibility index (Phi) is 5.44. The molecule has 2 aromatic rings. The summed E-state index contributed by atoms with van der Waals surface area (Å²) in [4.78, 5) is 29.7. The number of carbonyl (C=O) groups excluding carboxylic acids is 1. The second-order valence-electron chi connectivity index (χ2n) is 5.43. The summed E-state index contributed by atoms with van der Waals surface area (Å²) < 4.78 is 0. The number of aromatic hydroxyl groups is 1. The lowest BCUT2D eigenvalue weighted by Gasteiger charge is -2.12. The number of amides is 1. The van der Waals surface area contributed by atoms with Crippen molar-refractivity contribution in [3.05, 3.63) is 46.2 Å². The van der Waals surface area contributed by atoms with Crippen LogP contribution in [0, 0.1) is 0 Å². The van der Waals surface area contributed by atoms with Gasteiger partial charge in [0.05, 0.1) is 11.3 Å². The van der Waals surface area contributed by atoms with E-state index >= 15 is 0 Å². The van der Waals surface area contributed by atoms with Crippen molar-refractivity contribution in [3.8, 4) is 5.88 Å². The number of nitrogens with zero attached hydrogens (tertiary/aromatic N) is 1. The number of carbonyl (C=O) groups is 1. The van der Waals surface area contributed by atoms with Crippen molar-refractivity contribution < 1.29 is 9.90 Å². The van der Waals surface area contributed by atoms with E-state index in [-0.39, 0.29) is 16.9 Å². The van der Waals surface area contributed by atoms with Crippen LogP contribution in [-0.2, 0) is 4.79 Å². The number of thioether (sulfide) groups is 1. The van der Waals surface area contributed by atoms with Gasteiger partial charge in [0.2, 0.25) is 11.8 Å². The first-order valence-electron chi connectivity index (χ1n) is 7.23. The molecule has 0 aliphatic heterocycles. The topological polar surface area (TPSA) is 95.1 Å². The van der Waals surface area contributed by atoms with Gasteiger partial charge in [0, 0.05) is 5.69 Å². The summed E-state index contributed by atoms with van der Waals surface area (Å²) in [5, 5.41) is 11.8. The van der Waals surface area contributed by atoms with Gasteiger partial charge in [-0.05, 0) is 30.5 Å². The minimum Gasteiger partial charge on any atom is -0.493 e. The molecule has 0 aliphatic rings. The maximum atomic E-state index is 12.2. The van der Waals surface area contributed by atoms with Crippen LogP contribution in [0.15, 0.2) is 40.3 Å². The molecule has 1 atom stereocenters. The molecule has 1 heterocycles. The first kappa shape index (κ1) is 17.1. The van der Waals surface area contributed by atoms with Gasteiger partial charge in [0.15, 0.2) is 5.16 Å². The summed E-state index contributed by atoms with van der Waals surface area (Å²) in [6, 6.07) is 8.65. The van der Waals surface area contributed by atoms with Gasteiger partial charge >= 0.3 is 0 Å². The molecule has 122 valence electrons. The van der Waals surface area contributed by atoms with Gasteiger partial charge in [-0.2, -0.15) is 4.98 Å². The molecule has 1 amide bonds. The summed E-state index contributed by atoms with van der Waals surface area (Å²) in [5.74, 6) is -0.144. The average Bonchev–Trinajstić information content (AvgIpc) is 2.46. The van der Waals surface area contributed by atoms with Crippen LogP contribution in [0.4, 0.5) is 5.69 Å². The van der Waals surface area contributed by atoms with Crippen LogP contribution in [0.3, 0.4) is 0 Å². The summed E-state index contributed by atoms with van der Waals surface area (Å²) in [6.07, 6.45) is 0. The Morgan fingerprint density at radius 2 is 1.91 bits per heavy atom. The number of nitrogens with one attached hydrogen (secondary N) is 2. The zero-order valence-corrected chi connectivity index (χ0v) is 14.0. The maximum absolute atomic E-state index is 12.2. The summed E-state index contributed by atoms with van der Waals surface area (Å²) in [6.45, 7) is 5.91. The van der Waals surface area contributed by atoms with Gasteiger partial charge in [-0.3, -0.25) is 9.59 Å². The normalized spacial score (nSPS) is 12.2. The summed E-state index contributed by atoms with van der Waals surface area (Å²) >= 11 is 1.07. The van der Waals surface area contributed by atoms with E-state index < -0.39 is 10.8 Å². The van der Waals surface area contributed by atoms with E-state index in [0.29, 0.717) is 11.6 Å². The van der Waals surface area contributed by atoms with E-state index in [0.717, 1.165) is 17.8 Å². The van der Waals surface area contributed by atoms with Crippen molar-refractivity contribution in [3.63, 3.8) is 0 Å². The molecule has 7 heteroatoms. The third kappa shape index (κ3) is 4.85. The van der Waals surface area contributed by atoms with E-state index in [2.05, 4.69) is 29.1 Å². The number of H-pyrrole nitrogens is 1.